The molecule has 0 saturated carbocycles. The molecule has 1 aromatic carbocycles. The number of aryl methyl sites for hydroxylation is 2. The monoisotopic (exact) mass is 275 g/mol. The van der Waals surface area contributed by atoms with Crippen molar-refractivity contribution in [2.75, 3.05) is 10.6 Å². The van der Waals surface area contributed by atoms with E-state index in [1.54, 1.807) is 17.6 Å². The van der Waals surface area contributed by atoms with Crippen LogP contribution >= 0.6 is 11.3 Å². The van der Waals surface area contributed by atoms with Gasteiger partial charge in [0.15, 0.2) is 5.13 Å². The normalized spacial score (nSPS) is 10.0. The topological polar surface area (TPSA) is 71.1 Å². The molecular weight excluding hydrogens is 262 g/mol. The lowest BCUT2D eigenvalue weighted by molar-refractivity contribution is -0.133. The van der Waals surface area contributed by atoms with Crippen LogP contribution in [0.5, 0.6) is 0 Å². The molecule has 0 aliphatic carbocycles. The minimum Gasteiger partial charge on any atom is -0.318 e. The number of amides is 2. The van der Waals surface area contributed by atoms with E-state index in [-0.39, 0.29) is 0 Å². The highest BCUT2D eigenvalue weighted by Crippen LogP contribution is 2.16. The number of nitrogens with one attached hydrogen (secondary N) is 2. The number of nitrogens with zero attached hydrogens (tertiary/aromatic N) is 1. The van der Waals surface area contributed by atoms with Gasteiger partial charge in [-0.3, -0.25) is 14.9 Å². The number of carbonyl (C=O) groups excluding carboxylic acids is 2. The van der Waals surface area contributed by atoms with Crippen LogP contribution in [0.25, 0.3) is 0 Å². The molecule has 6 heteroatoms. The number of carbonyl (C=O) groups is 2. The van der Waals surface area contributed by atoms with Crippen LogP contribution in [0.3, 0.4) is 0 Å². The minimum absolute atomic E-state index is 0.403. The maximum absolute atomic E-state index is 11.7. The van der Waals surface area contributed by atoms with Gasteiger partial charge in [0.25, 0.3) is 0 Å². The quantitative estimate of drug-likeness (QED) is 0.826. The molecule has 0 bridgehead atoms. The molecule has 2 amide bonds. The summed E-state index contributed by atoms with van der Waals surface area (Å²) in [6, 6.07) is 5.59. The Labute approximate surface area is 114 Å². The molecular formula is C13H13N3O2S. The van der Waals surface area contributed by atoms with Crippen molar-refractivity contribution in [1.82, 2.24) is 4.98 Å². The van der Waals surface area contributed by atoms with Gasteiger partial charge in [0.05, 0.1) is 0 Å². The van der Waals surface area contributed by atoms with E-state index in [1.807, 2.05) is 26.0 Å². The number of anilines is 2. The molecule has 0 spiro atoms. The fraction of sp³-hybridized carbons (Fsp3) is 0.154. The van der Waals surface area contributed by atoms with Gasteiger partial charge in [-0.2, -0.15) is 0 Å². The lowest BCUT2D eigenvalue weighted by Gasteiger charge is -2.08. The fourth-order valence-electron chi connectivity index (χ4n) is 1.57. The largest absolute Gasteiger partial charge is 0.318 e. The number of thiazole rings is 1. The summed E-state index contributed by atoms with van der Waals surface area (Å²) in [5, 5.41) is 7.13. The SMILES string of the molecule is Cc1ccc(NC(=O)C(=O)Nc2nccs2)c(C)c1. The van der Waals surface area contributed by atoms with Gasteiger partial charge in [0.2, 0.25) is 0 Å². The van der Waals surface area contributed by atoms with Gasteiger partial charge < -0.3 is 5.32 Å². The van der Waals surface area contributed by atoms with Crippen molar-refractivity contribution >= 4 is 34.0 Å². The first-order valence-corrected chi connectivity index (χ1v) is 6.53. The fourth-order valence-corrected chi connectivity index (χ4v) is 2.10. The molecule has 19 heavy (non-hydrogen) atoms. The van der Waals surface area contributed by atoms with Crippen molar-refractivity contribution in [2.45, 2.75) is 13.8 Å². The number of hydrogen-bond donors (Lipinski definition) is 2. The maximum Gasteiger partial charge on any atom is 0.315 e. The van der Waals surface area contributed by atoms with E-state index in [9.17, 15) is 9.59 Å². The van der Waals surface area contributed by atoms with Gasteiger partial charge in [-0.15, -0.1) is 11.3 Å². The molecule has 0 radical (unpaired) electrons. The molecule has 2 N–H and O–H groups in total. The Bertz CT molecular complexity index is 608. The van der Waals surface area contributed by atoms with Gasteiger partial charge in [-0.05, 0) is 25.5 Å². The number of aromatic nitrogens is 1. The molecule has 0 fully saturated rings. The van der Waals surface area contributed by atoms with Crippen LogP contribution in [0.15, 0.2) is 29.8 Å². The van der Waals surface area contributed by atoms with Crippen LogP contribution in [0.1, 0.15) is 11.1 Å². The maximum atomic E-state index is 11.7. The molecule has 0 unspecified atom stereocenters. The van der Waals surface area contributed by atoms with Crippen molar-refractivity contribution in [2.24, 2.45) is 0 Å². The smallest absolute Gasteiger partial charge is 0.315 e. The van der Waals surface area contributed by atoms with Crippen LogP contribution in [-0.4, -0.2) is 16.8 Å². The summed E-state index contributed by atoms with van der Waals surface area (Å²) in [7, 11) is 0. The third-order valence-electron chi connectivity index (χ3n) is 2.49. The second-order valence-electron chi connectivity index (χ2n) is 4.06. The summed E-state index contributed by atoms with van der Waals surface area (Å²) >= 11 is 1.26. The van der Waals surface area contributed by atoms with Crippen LogP contribution in [0.4, 0.5) is 10.8 Å². The molecule has 0 aliphatic heterocycles. The van der Waals surface area contributed by atoms with Crippen molar-refractivity contribution < 1.29 is 9.59 Å². The van der Waals surface area contributed by atoms with Gasteiger partial charge >= 0.3 is 11.8 Å². The Kier molecular flexibility index (Phi) is 3.91. The highest BCUT2D eigenvalue weighted by molar-refractivity contribution is 7.13. The molecule has 5 nitrogen and oxygen atoms in total. The van der Waals surface area contributed by atoms with E-state index in [1.165, 1.54) is 11.3 Å². The zero-order valence-electron chi connectivity index (χ0n) is 10.6. The highest BCUT2D eigenvalue weighted by atomic mass is 32.1. The van der Waals surface area contributed by atoms with Crippen molar-refractivity contribution in [1.29, 1.82) is 0 Å². The number of benzene rings is 1. The van der Waals surface area contributed by atoms with Gasteiger partial charge in [0, 0.05) is 17.3 Å². The van der Waals surface area contributed by atoms with E-state index in [0.717, 1.165) is 11.1 Å². The van der Waals surface area contributed by atoms with E-state index in [4.69, 9.17) is 0 Å². The average molecular weight is 275 g/mol. The first-order chi connectivity index (χ1) is 9.06. The molecule has 0 saturated heterocycles. The standard InChI is InChI=1S/C13H13N3O2S/c1-8-3-4-10(9(2)7-8)15-11(17)12(18)16-13-14-5-6-19-13/h3-7H,1-2H3,(H,15,17)(H,14,16,18). The zero-order chi connectivity index (χ0) is 13.8. The molecule has 2 rings (SSSR count). The van der Waals surface area contributed by atoms with E-state index in [2.05, 4.69) is 15.6 Å². The highest BCUT2D eigenvalue weighted by Gasteiger charge is 2.15. The van der Waals surface area contributed by atoms with E-state index >= 15 is 0 Å². The number of hydrogen-bond acceptors (Lipinski definition) is 4. The van der Waals surface area contributed by atoms with Crippen LogP contribution < -0.4 is 10.6 Å². The third-order valence-corrected chi connectivity index (χ3v) is 3.18. The van der Waals surface area contributed by atoms with E-state index in [0.29, 0.717) is 10.8 Å². The predicted molar refractivity (Wildman–Crippen MR) is 75.3 cm³/mol. The minimum atomic E-state index is -0.727. The molecule has 1 aromatic heterocycles. The Morgan fingerprint density at radius 2 is 1.89 bits per heavy atom. The Hall–Kier alpha value is -2.21. The lowest BCUT2D eigenvalue weighted by Crippen LogP contribution is -2.29. The summed E-state index contributed by atoms with van der Waals surface area (Å²) in [4.78, 5) is 27.2. The van der Waals surface area contributed by atoms with Gasteiger partial charge in [0.1, 0.15) is 0 Å². The summed E-state index contributed by atoms with van der Waals surface area (Å²) in [5.41, 5.74) is 2.64. The first-order valence-electron chi connectivity index (χ1n) is 5.65. The Morgan fingerprint density at radius 3 is 2.53 bits per heavy atom. The van der Waals surface area contributed by atoms with Crippen molar-refractivity contribution in [3.63, 3.8) is 0 Å². The van der Waals surface area contributed by atoms with E-state index < -0.39 is 11.8 Å². The van der Waals surface area contributed by atoms with Crippen LogP contribution in [-0.2, 0) is 9.59 Å². The molecule has 2 aromatic rings. The second kappa shape index (κ2) is 5.62. The Balaban J connectivity index is 2.02. The molecule has 1 heterocycles. The van der Waals surface area contributed by atoms with Crippen LogP contribution in [0.2, 0.25) is 0 Å². The van der Waals surface area contributed by atoms with Gasteiger partial charge in [-0.1, -0.05) is 17.7 Å². The van der Waals surface area contributed by atoms with Gasteiger partial charge in [-0.25, -0.2) is 4.98 Å². The first kappa shape index (κ1) is 13.2. The number of rotatable bonds is 2. The third kappa shape index (κ3) is 3.38. The molecule has 98 valence electrons. The summed E-state index contributed by atoms with van der Waals surface area (Å²) < 4.78 is 0. The lowest BCUT2D eigenvalue weighted by atomic mass is 10.1. The van der Waals surface area contributed by atoms with Crippen LogP contribution in [0, 0.1) is 13.8 Å². The molecule has 0 atom stereocenters. The molecule has 0 aliphatic rings. The van der Waals surface area contributed by atoms with Crippen molar-refractivity contribution in [3.05, 3.63) is 40.9 Å². The summed E-state index contributed by atoms with van der Waals surface area (Å²) in [6.45, 7) is 3.84. The van der Waals surface area contributed by atoms with Crippen molar-refractivity contribution in [3.8, 4) is 0 Å². The Morgan fingerprint density at radius 1 is 1.16 bits per heavy atom. The second-order valence-corrected chi connectivity index (χ2v) is 4.96. The summed E-state index contributed by atoms with van der Waals surface area (Å²) in [6.07, 6.45) is 1.56. The zero-order valence-corrected chi connectivity index (χ0v) is 11.4. The predicted octanol–water partition coefficient (Wildman–Crippen LogP) is 2.34. The summed E-state index contributed by atoms with van der Waals surface area (Å²) in [5.74, 6) is -1.43. The average Bonchev–Trinajstić information content (AvgIpc) is 2.85.